The van der Waals surface area contributed by atoms with Gasteiger partial charge in [-0.1, -0.05) is 0 Å². The number of fused-ring (bicyclic) bond motifs is 1. The number of aromatic amines is 1. The first-order chi connectivity index (χ1) is 13.0. The molecule has 0 bridgehead atoms. The molecule has 0 fully saturated rings. The van der Waals surface area contributed by atoms with Gasteiger partial charge in [0.2, 0.25) is 5.75 Å². The summed E-state index contributed by atoms with van der Waals surface area (Å²) < 4.78 is 21.0. The zero-order chi connectivity index (χ0) is 19.6. The smallest absolute Gasteiger partial charge is 0.433 e. The molecule has 0 radical (unpaired) electrons. The van der Waals surface area contributed by atoms with Crippen LogP contribution in [0.5, 0.6) is 17.2 Å². The number of hydrogen-bond acceptors (Lipinski definition) is 7. The van der Waals surface area contributed by atoms with Crippen molar-refractivity contribution in [2.45, 2.75) is 0 Å². The Hall–Kier alpha value is -3.75. The van der Waals surface area contributed by atoms with Gasteiger partial charge in [0.1, 0.15) is 10.7 Å². The van der Waals surface area contributed by atoms with Crippen LogP contribution >= 0.6 is 0 Å². The summed E-state index contributed by atoms with van der Waals surface area (Å²) in [4.78, 5) is 25.7. The summed E-state index contributed by atoms with van der Waals surface area (Å²) >= 11 is 0. The van der Waals surface area contributed by atoms with E-state index >= 15 is 0 Å². The molecule has 1 N–H and O–H groups in total. The van der Waals surface area contributed by atoms with E-state index in [0.717, 1.165) is 0 Å². The predicted molar refractivity (Wildman–Crippen MR) is 98.5 cm³/mol. The maximum absolute atomic E-state index is 12.6. The lowest BCUT2D eigenvalue weighted by atomic mass is 10.1. The topological polar surface area (TPSA) is 117 Å². The third-order valence-corrected chi connectivity index (χ3v) is 3.86. The Morgan fingerprint density at radius 2 is 1.81 bits per heavy atom. The Morgan fingerprint density at radius 3 is 2.41 bits per heavy atom. The van der Waals surface area contributed by atoms with E-state index in [1.807, 2.05) is 0 Å². The van der Waals surface area contributed by atoms with Crippen LogP contribution in [0.3, 0.4) is 0 Å². The Labute approximate surface area is 152 Å². The molecule has 1 aromatic carbocycles. The number of hydrogen-bond donors (Lipinski definition) is 1. The molecule has 0 saturated carbocycles. The number of furan rings is 1. The number of methoxy groups -OCH3 is 3. The SMILES string of the molecule is COc1cc2[nH]c(/C=C/c3ccc([N+](=O)[O-])o3)cc(=O)c2c(OC)c1OC. The van der Waals surface area contributed by atoms with Crippen LogP contribution in [-0.2, 0) is 0 Å². The minimum absolute atomic E-state index is 0.269. The minimum atomic E-state index is -0.624. The number of nitrogens with zero attached hydrogens (tertiary/aromatic N) is 1. The van der Waals surface area contributed by atoms with Crippen molar-refractivity contribution in [1.29, 1.82) is 0 Å². The second-order valence-electron chi connectivity index (χ2n) is 5.42. The number of rotatable bonds is 6. The maximum atomic E-state index is 12.6. The number of nitro groups is 1. The maximum Gasteiger partial charge on any atom is 0.433 e. The summed E-state index contributed by atoms with van der Waals surface area (Å²) in [6.45, 7) is 0. The zero-order valence-corrected chi connectivity index (χ0v) is 14.8. The quantitative estimate of drug-likeness (QED) is 0.521. The number of benzene rings is 1. The van der Waals surface area contributed by atoms with Gasteiger partial charge in [-0.15, -0.1) is 0 Å². The Morgan fingerprint density at radius 1 is 1.07 bits per heavy atom. The first kappa shape index (κ1) is 18.1. The van der Waals surface area contributed by atoms with Gasteiger partial charge in [-0.05, 0) is 18.2 Å². The van der Waals surface area contributed by atoms with Crippen LogP contribution in [0.15, 0.2) is 33.5 Å². The van der Waals surface area contributed by atoms with Gasteiger partial charge in [0.15, 0.2) is 16.9 Å². The lowest BCUT2D eigenvalue weighted by molar-refractivity contribution is -0.402. The van der Waals surface area contributed by atoms with Gasteiger partial charge in [-0.3, -0.25) is 14.9 Å². The number of aromatic nitrogens is 1. The fourth-order valence-corrected chi connectivity index (χ4v) is 2.70. The van der Waals surface area contributed by atoms with Crippen LogP contribution in [0, 0.1) is 10.1 Å². The first-order valence-electron chi connectivity index (χ1n) is 7.76. The standard InChI is InChI=1S/C18H16N2O7/c1-24-14-9-12-16(18(26-3)17(14)25-2)13(21)8-10(19-12)4-5-11-6-7-15(27-11)20(22)23/h4-9H,1-3H3,(H,19,21)/b5-4+. The molecule has 0 atom stereocenters. The average molecular weight is 372 g/mol. The van der Waals surface area contributed by atoms with Gasteiger partial charge < -0.3 is 23.6 Å². The first-order valence-corrected chi connectivity index (χ1v) is 7.76. The fraction of sp³-hybridized carbons (Fsp3) is 0.167. The lowest BCUT2D eigenvalue weighted by Gasteiger charge is -2.14. The second-order valence-corrected chi connectivity index (χ2v) is 5.42. The summed E-state index contributed by atoms with van der Waals surface area (Å²) in [5, 5.41) is 11.0. The molecule has 0 aliphatic rings. The number of nitrogens with one attached hydrogen (secondary N) is 1. The highest BCUT2D eigenvalue weighted by Crippen LogP contribution is 2.41. The van der Waals surface area contributed by atoms with Crippen molar-refractivity contribution in [3.8, 4) is 17.2 Å². The third kappa shape index (κ3) is 3.34. The minimum Gasteiger partial charge on any atom is -0.493 e. The molecule has 2 heterocycles. The Bertz CT molecular complexity index is 1100. The van der Waals surface area contributed by atoms with Crippen LogP contribution in [-0.4, -0.2) is 31.2 Å². The van der Waals surface area contributed by atoms with Gasteiger partial charge in [-0.25, -0.2) is 0 Å². The highest BCUT2D eigenvalue weighted by atomic mass is 16.6. The van der Waals surface area contributed by atoms with Crippen molar-refractivity contribution in [3.63, 3.8) is 0 Å². The van der Waals surface area contributed by atoms with Gasteiger partial charge in [0.25, 0.3) is 0 Å². The molecule has 2 aromatic heterocycles. The number of pyridine rings is 1. The molecule has 9 nitrogen and oxygen atoms in total. The van der Waals surface area contributed by atoms with E-state index in [-0.39, 0.29) is 22.8 Å². The molecular weight excluding hydrogens is 356 g/mol. The van der Waals surface area contributed by atoms with Crippen molar-refractivity contribution in [2.75, 3.05) is 21.3 Å². The van der Waals surface area contributed by atoms with Gasteiger partial charge in [0.05, 0.1) is 38.3 Å². The number of H-pyrrole nitrogens is 1. The zero-order valence-electron chi connectivity index (χ0n) is 14.8. The van der Waals surface area contributed by atoms with Crippen LogP contribution in [0.25, 0.3) is 23.1 Å². The largest absolute Gasteiger partial charge is 0.493 e. The van der Waals surface area contributed by atoms with Crippen molar-refractivity contribution < 1.29 is 23.6 Å². The Balaban J connectivity index is 2.09. The molecule has 3 aromatic rings. The van der Waals surface area contributed by atoms with Crippen molar-refractivity contribution in [3.05, 3.63) is 56.1 Å². The molecule has 140 valence electrons. The second kappa shape index (κ2) is 7.24. The number of ether oxygens (including phenoxy) is 3. The van der Waals surface area contributed by atoms with Crippen LogP contribution in [0.2, 0.25) is 0 Å². The normalized spacial score (nSPS) is 11.1. The van der Waals surface area contributed by atoms with Gasteiger partial charge >= 0.3 is 5.88 Å². The molecule has 9 heteroatoms. The average Bonchev–Trinajstić information content (AvgIpc) is 3.14. The summed E-state index contributed by atoms with van der Waals surface area (Å²) in [6, 6.07) is 5.73. The van der Waals surface area contributed by atoms with E-state index in [2.05, 4.69) is 4.98 Å². The van der Waals surface area contributed by atoms with Crippen molar-refractivity contribution in [1.82, 2.24) is 4.98 Å². The third-order valence-electron chi connectivity index (χ3n) is 3.86. The monoisotopic (exact) mass is 372 g/mol. The van der Waals surface area contributed by atoms with Crippen LogP contribution < -0.4 is 19.6 Å². The summed E-state index contributed by atoms with van der Waals surface area (Å²) in [5.74, 6) is 0.922. The highest BCUT2D eigenvalue weighted by Gasteiger charge is 2.18. The molecule has 0 unspecified atom stereocenters. The van der Waals surface area contributed by atoms with Crippen molar-refractivity contribution >= 4 is 28.9 Å². The van der Waals surface area contributed by atoms with Gasteiger partial charge in [0, 0.05) is 17.8 Å². The molecular formula is C18H16N2O7. The Kier molecular flexibility index (Phi) is 4.84. The van der Waals surface area contributed by atoms with Crippen LogP contribution in [0.1, 0.15) is 11.5 Å². The molecule has 3 rings (SSSR count). The molecule has 0 aliphatic heterocycles. The summed E-state index contributed by atoms with van der Waals surface area (Å²) in [6.07, 6.45) is 3.09. The van der Waals surface area contributed by atoms with Crippen LogP contribution in [0.4, 0.5) is 5.88 Å². The fourth-order valence-electron chi connectivity index (χ4n) is 2.70. The van der Waals surface area contributed by atoms with E-state index < -0.39 is 4.92 Å². The lowest BCUT2D eigenvalue weighted by Crippen LogP contribution is -2.07. The molecule has 0 aliphatic carbocycles. The molecule has 0 saturated heterocycles. The van der Waals surface area contributed by atoms with E-state index in [1.165, 1.54) is 45.6 Å². The molecule has 27 heavy (non-hydrogen) atoms. The van der Waals surface area contributed by atoms with Gasteiger partial charge in [-0.2, -0.15) is 0 Å². The predicted octanol–water partition coefficient (Wildman–Crippen LogP) is 3.23. The molecule has 0 spiro atoms. The van der Waals surface area contributed by atoms with E-state index in [4.69, 9.17) is 18.6 Å². The highest BCUT2D eigenvalue weighted by molar-refractivity contribution is 5.91. The van der Waals surface area contributed by atoms with Crippen molar-refractivity contribution in [2.24, 2.45) is 0 Å². The summed E-state index contributed by atoms with van der Waals surface area (Å²) in [5.41, 5.74) is 0.675. The molecule has 0 amide bonds. The summed E-state index contributed by atoms with van der Waals surface area (Å²) in [7, 11) is 4.38. The van der Waals surface area contributed by atoms with E-state index in [0.29, 0.717) is 28.1 Å². The van der Waals surface area contributed by atoms with E-state index in [1.54, 1.807) is 12.1 Å². The van der Waals surface area contributed by atoms with E-state index in [9.17, 15) is 14.9 Å².